The topological polar surface area (TPSA) is 90.5 Å². The fraction of sp³-hybridized carbons (Fsp3) is 0.259. The van der Waals surface area contributed by atoms with Gasteiger partial charge in [0, 0.05) is 47.3 Å². The maximum Gasteiger partial charge on any atom is 0.267 e. The number of nitrogens with zero attached hydrogens (tertiary/aromatic N) is 2. The van der Waals surface area contributed by atoms with Gasteiger partial charge in [-0.1, -0.05) is 18.2 Å². The first-order valence-corrected chi connectivity index (χ1v) is 11.7. The summed E-state index contributed by atoms with van der Waals surface area (Å²) in [5.41, 5.74) is 6.69. The third kappa shape index (κ3) is 3.49. The number of hydrogen-bond donors (Lipinski definition) is 3. The molecule has 2 aromatic carbocycles. The van der Waals surface area contributed by atoms with E-state index in [1.54, 1.807) is 13.1 Å². The van der Waals surface area contributed by atoms with Crippen LogP contribution < -0.4 is 15.0 Å². The smallest absolute Gasteiger partial charge is 0.267 e. The molecule has 7 nitrogen and oxygen atoms in total. The molecule has 34 heavy (non-hydrogen) atoms. The molecular formula is C27H26N4O3. The minimum atomic E-state index is -0.550. The summed E-state index contributed by atoms with van der Waals surface area (Å²) in [5.74, 6) is 0.649. The summed E-state index contributed by atoms with van der Waals surface area (Å²) in [4.78, 5) is 22.5. The molecule has 2 aromatic heterocycles. The van der Waals surface area contributed by atoms with Gasteiger partial charge in [-0.2, -0.15) is 0 Å². The molecule has 2 unspecified atom stereocenters. The Bertz CT molecular complexity index is 1400. The van der Waals surface area contributed by atoms with Gasteiger partial charge in [-0.3, -0.25) is 9.78 Å². The van der Waals surface area contributed by atoms with Crippen molar-refractivity contribution in [1.29, 1.82) is 0 Å². The van der Waals surface area contributed by atoms with Crippen LogP contribution in [0, 0.1) is 0 Å². The number of rotatable bonds is 5. The Morgan fingerprint density at radius 3 is 3.03 bits per heavy atom. The van der Waals surface area contributed by atoms with Crippen LogP contribution in [0.5, 0.6) is 5.75 Å². The lowest BCUT2D eigenvalue weighted by atomic mass is 10.1. The fourth-order valence-electron chi connectivity index (χ4n) is 5.04. The fourth-order valence-corrected chi connectivity index (χ4v) is 5.04. The van der Waals surface area contributed by atoms with E-state index in [1.807, 2.05) is 47.5 Å². The summed E-state index contributed by atoms with van der Waals surface area (Å²) < 4.78 is 5.98. The molecule has 0 saturated carbocycles. The molecule has 0 saturated heterocycles. The largest absolute Gasteiger partial charge is 0.479 e. The van der Waals surface area contributed by atoms with Gasteiger partial charge in [0.1, 0.15) is 5.75 Å². The number of para-hydroxylation sites is 1. The number of fused-ring (bicyclic) bond motifs is 3. The van der Waals surface area contributed by atoms with Crippen molar-refractivity contribution in [1.82, 2.24) is 9.97 Å². The molecule has 4 aromatic rings. The van der Waals surface area contributed by atoms with E-state index in [2.05, 4.69) is 27.4 Å². The van der Waals surface area contributed by atoms with E-state index in [0.29, 0.717) is 18.7 Å². The summed E-state index contributed by atoms with van der Waals surface area (Å²) in [6.45, 7) is 2.37. The molecule has 1 amide bonds. The second-order valence-corrected chi connectivity index (χ2v) is 8.94. The van der Waals surface area contributed by atoms with Crippen molar-refractivity contribution in [2.24, 2.45) is 0 Å². The summed E-state index contributed by atoms with van der Waals surface area (Å²) in [5, 5.41) is 14.8. The minimum Gasteiger partial charge on any atom is -0.479 e. The highest BCUT2D eigenvalue weighted by atomic mass is 16.5. The van der Waals surface area contributed by atoms with Gasteiger partial charge < -0.3 is 25.0 Å². The van der Waals surface area contributed by atoms with Crippen molar-refractivity contribution in [3.05, 3.63) is 77.7 Å². The van der Waals surface area contributed by atoms with Crippen LogP contribution in [0.15, 0.2) is 60.9 Å². The summed E-state index contributed by atoms with van der Waals surface area (Å²) in [6, 6.07) is 16.0. The Kier molecular flexibility index (Phi) is 4.99. The molecule has 0 radical (unpaired) electrons. The predicted molar refractivity (Wildman–Crippen MR) is 132 cm³/mol. The third-order valence-electron chi connectivity index (χ3n) is 6.80. The van der Waals surface area contributed by atoms with Crippen molar-refractivity contribution in [2.75, 3.05) is 16.8 Å². The van der Waals surface area contributed by atoms with Crippen molar-refractivity contribution in [2.45, 2.75) is 38.4 Å². The molecule has 0 spiro atoms. The molecule has 172 valence electrons. The zero-order valence-corrected chi connectivity index (χ0v) is 18.9. The van der Waals surface area contributed by atoms with Crippen molar-refractivity contribution in [3.8, 4) is 5.75 Å². The number of amides is 1. The van der Waals surface area contributed by atoms with Crippen molar-refractivity contribution in [3.63, 3.8) is 0 Å². The molecule has 3 N–H and O–H groups in total. The van der Waals surface area contributed by atoms with E-state index in [0.717, 1.165) is 46.7 Å². The van der Waals surface area contributed by atoms with Crippen LogP contribution in [0.4, 0.5) is 17.1 Å². The van der Waals surface area contributed by atoms with Gasteiger partial charge in [0.2, 0.25) is 0 Å². The van der Waals surface area contributed by atoms with Gasteiger partial charge in [0.05, 0.1) is 17.5 Å². The quantitative estimate of drug-likeness (QED) is 0.409. The van der Waals surface area contributed by atoms with E-state index in [-0.39, 0.29) is 5.91 Å². The number of anilines is 3. The van der Waals surface area contributed by atoms with Gasteiger partial charge >= 0.3 is 0 Å². The number of pyridine rings is 1. The van der Waals surface area contributed by atoms with Gasteiger partial charge in [-0.05, 0) is 61.6 Å². The number of nitrogens with one attached hydrogen (secondary N) is 2. The molecule has 6 rings (SSSR count). The first-order valence-electron chi connectivity index (χ1n) is 11.7. The third-order valence-corrected chi connectivity index (χ3v) is 6.80. The Morgan fingerprint density at radius 1 is 1.24 bits per heavy atom. The first kappa shape index (κ1) is 20.7. The monoisotopic (exact) mass is 454 g/mol. The molecule has 2 aliphatic rings. The summed E-state index contributed by atoms with van der Waals surface area (Å²) >= 11 is 0. The summed E-state index contributed by atoms with van der Waals surface area (Å²) in [6.07, 6.45) is 4.93. The van der Waals surface area contributed by atoms with Gasteiger partial charge in [0.15, 0.2) is 6.10 Å². The number of hydrogen-bond acceptors (Lipinski definition) is 5. The van der Waals surface area contributed by atoms with E-state index in [1.165, 1.54) is 10.9 Å². The number of H-pyrrole nitrogens is 1. The lowest BCUT2D eigenvalue weighted by Crippen LogP contribution is -2.45. The number of ether oxygens (including phenoxy) is 1. The molecule has 0 fully saturated rings. The van der Waals surface area contributed by atoms with E-state index >= 15 is 0 Å². The Labute approximate surface area is 197 Å². The zero-order chi connectivity index (χ0) is 23.2. The number of aliphatic hydroxyl groups excluding tert-OH is 1. The number of benzene rings is 2. The Balaban J connectivity index is 1.26. The maximum atomic E-state index is 13.0. The van der Waals surface area contributed by atoms with Crippen molar-refractivity contribution >= 4 is 33.9 Å². The van der Waals surface area contributed by atoms with Gasteiger partial charge in [-0.25, -0.2) is 0 Å². The van der Waals surface area contributed by atoms with Crippen LogP contribution >= 0.6 is 0 Å². The lowest BCUT2D eigenvalue weighted by molar-refractivity contribution is -0.125. The lowest BCUT2D eigenvalue weighted by Gasteiger charge is -2.33. The van der Waals surface area contributed by atoms with Crippen LogP contribution in [0.3, 0.4) is 0 Å². The van der Waals surface area contributed by atoms with Crippen molar-refractivity contribution < 1.29 is 14.6 Å². The van der Waals surface area contributed by atoms with Crippen LogP contribution in [-0.2, 0) is 17.6 Å². The van der Waals surface area contributed by atoms with Crippen LogP contribution in [0.1, 0.15) is 36.3 Å². The molecule has 1 aliphatic heterocycles. The van der Waals surface area contributed by atoms with E-state index in [4.69, 9.17) is 4.74 Å². The molecular weight excluding hydrogens is 428 g/mol. The Morgan fingerprint density at radius 2 is 2.12 bits per heavy atom. The number of carbonyl (C=O) groups excluding carboxylic acids is 1. The van der Waals surface area contributed by atoms with Crippen LogP contribution in [-0.4, -0.2) is 33.6 Å². The maximum absolute atomic E-state index is 13.0. The molecule has 2 atom stereocenters. The molecule has 7 heteroatoms. The molecule has 3 heterocycles. The molecule has 1 aliphatic carbocycles. The van der Waals surface area contributed by atoms with E-state index < -0.39 is 12.2 Å². The highest BCUT2D eigenvalue weighted by Gasteiger charge is 2.32. The van der Waals surface area contributed by atoms with Crippen LogP contribution in [0.2, 0.25) is 0 Å². The number of aromatic nitrogens is 2. The Hall–Kier alpha value is -3.84. The highest BCUT2D eigenvalue weighted by Crippen LogP contribution is 2.39. The zero-order valence-electron chi connectivity index (χ0n) is 18.9. The average Bonchev–Trinajstić information content (AvgIpc) is 3.44. The standard InChI is InChI=1S/C27H26N4O3/c1-16-27(33)31(13-11-17-15-29-21-5-3-2-4-19(17)21)23-8-6-18(14-25(23)34-16)30-22-10-12-28-26-20(22)7-9-24(26)32/h2-6,8,10,12,14-16,24,29,32H,7,9,11,13H2,1H3,(H,28,30). The summed E-state index contributed by atoms with van der Waals surface area (Å²) in [7, 11) is 0. The van der Waals surface area contributed by atoms with Gasteiger partial charge in [-0.15, -0.1) is 0 Å². The number of aliphatic hydroxyl groups is 1. The SMILES string of the molecule is CC1Oc2cc(Nc3ccnc4c3CCC4O)ccc2N(CCc2c[nH]c3ccccc23)C1=O. The average molecular weight is 455 g/mol. The van der Waals surface area contributed by atoms with Crippen LogP contribution in [0.25, 0.3) is 10.9 Å². The van der Waals surface area contributed by atoms with Gasteiger partial charge in [0.25, 0.3) is 5.91 Å². The second-order valence-electron chi connectivity index (χ2n) is 8.94. The number of carbonyl (C=O) groups is 1. The normalized spacial score (nSPS) is 19.1. The number of aromatic amines is 1. The minimum absolute atomic E-state index is 0.0333. The predicted octanol–water partition coefficient (Wildman–Crippen LogP) is 4.64. The van der Waals surface area contributed by atoms with E-state index in [9.17, 15) is 9.90 Å². The molecule has 0 bridgehead atoms. The second kappa shape index (κ2) is 8.18. The highest BCUT2D eigenvalue weighted by molar-refractivity contribution is 6.00. The first-order chi connectivity index (χ1) is 16.6.